The predicted octanol–water partition coefficient (Wildman–Crippen LogP) is 1.89. The molecule has 0 bridgehead atoms. The third-order valence-corrected chi connectivity index (χ3v) is 4.39. The molecule has 0 unspecified atom stereocenters. The van der Waals surface area contributed by atoms with Gasteiger partial charge in [0.1, 0.15) is 11.5 Å². The van der Waals surface area contributed by atoms with Crippen molar-refractivity contribution >= 4 is 5.69 Å². The highest BCUT2D eigenvalue weighted by Crippen LogP contribution is 2.39. The predicted molar refractivity (Wildman–Crippen MR) is 76.3 cm³/mol. The molecule has 2 fully saturated rings. The van der Waals surface area contributed by atoms with Gasteiger partial charge in [-0.2, -0.15) is 0 Å². The van der Waals surface area contributed by atoms with Crippen LogP contribution in [0.4, 0.5) is 5.69 Å². The zero-order valence-corrected chi connectivity index (χ0v) is 11.7. The second kappa shape index (κ2) is 4.93. The number of hydrogen-bond donors (Lipinski definition) is 1. The van der Waals surface area contributed by atoms with Gasteiger partial charge in [0.2, 0.25) is 0 Å². The van der Waals surface area contributed by atoms with Crippen LogP contribution in [0, 0.1) is 5.41 Å². The zero-order valence-electron chi connectivity index (χ0n) is 11.7. The largest absolute Gasteiger partial charge is 0.497 e. The van der Waals surface area contributed by atoms with E-state index in [-0.39, 0.29) is 0 Å². The average Bonchev–Trinajstić information content (AvgIpc) is 2.45. The first-order chi connectivity index (χ1) is 9.26. The molecule has 19 heavy (non-hydrogen) atoms. The Balaban J connectivity index is 1.84. The van der Waals surface area contributed by atoms with Crippen LogP contribution in [-0.2, 0) is 0 Å². The molecule has 0 saturated carbocycles. The van der Waals surface area contributed by atoms with Gasteiger partial charge in [-0.05, 0) is 25.0 Å². The summed E-state index contributed by atoms with van der Waals surface area (Å²) in [5.41, 5.74) is 1.68. The summed E-state index contributed by atoms with van der Waals surface area (Å²) >= 11 is 0. The first-order valence-electron chi connectivity index (χ1n) is 6.94. The van der Waals surface area contributed by atoms with Gasteiger partial charge in [0.05, 0.1) is 19.9 Å². The monoisotopic (exact) mass is 262 g/mol. The lowest BCUT2D eigenvalue weighted by Crippen LogP contribution is -2.61. The van der Waals surface area contributed by atoms with E-state index in [1.807, 2.05) is 12.1 Å². The van der Waals surface area contributed by atoms with Gasteiger partial charge in [0.15, 0.2) is 0 Å². The van der Waals surface area contributed by atoms with Crippen molar-refractivity contribution < 1.29 is 9.47 Å². The minimum atomic E-state index is 0.489. The molecule has 0 aliphatic carbocycles. The quantitative estimate of drug-likeness (QED) is 0.902. The molecule has 0 atom stereocenters. The van der Waals surface area contributed by atoms with Crippen LogP contribution in [0.1, 0.15) is 12.8 Å². The Morgan fingerprint density at radius 3 is 2.68 bits per heavy atom. The van der Waals surface area contributed by atoms with Gasteiger partial charge in [0, 0.05) is 37.7 Å². The maximum absolute atomic E-state index is 5.52. The lowest BCUT2D eigenvalue weighted by molar-refractivity contribution is 0.138. The molecule has 4 nitrogen and oxygen atoms in total. The highest BCUT2D eigenvalue weighted by molar-refractivity contribution is 5.61. The van der Waals surface area contributed by atoms with Crippen LogP contribution in [0.2, 0.25) is 0 Å². The summed E-state index contributed by atoms with van der Waals surface area (Å²) in [5.74, 6) is 1.75. The number of hydrogen-bond acceptors (Lipinski definition) is 4. The Kier molecular flexibility index (Phi) is 3.27. The van der Waals surface area contributed by atoms with Crippen molar-refractivity contribution in [2.24, 2.45) is 5.41 Å². The number of piperidine rings is 1. The van der Waals surface area contributed by atoms with E-state index < -0.39 is 0 Å². The third-order valence-electron chi connectivity index (χ3n) is 4.39. The minimum Gasteiger partial charge on any atom is -0.497 e. The fourth-order valence-electron chi connectivity index (χ4n) is 3.23. The molecule has 2 saturated heterocycles. The van der Waals surface area contributed by atoms with Crippen LogP contribution in [-0.4, -0.2) is 40.4 Å². The Morgan fingerprint density at radius 2 is 2.05 bits per heavy atom. The SMILES string of the molecule is COc1ccc(N2CCCC3(CNC3)C2)c(OC)c1. The van der Waals surface area contributed by atoms with Gasteiger partial charge in [-0.15, -0.1) is 0 Å². The lowest BCUT2D eigenvalue weighted by Gasteiger charge is -2.50. The molecule has 0 radical (unpaired) electrons. The van der Waals surface area contributed by atoms with E-state index in [0.29, 0.717) is 5.41 Å². The highest BCUT2D eigenvalue weighted by atomic mass is 16.5. The van der Waals surface area contributed by atoms with E-state index in [0.717, 1.165) is 37.7 Å². The number of methoxy groups -OCH3 is 2. The summed E-state index contributed by atoms with van der Waals surface area (Å²) in [7, 11) is 3.41. The van der Waals surface area contributed by atoms with Crippen LogP contribution in [0.15, 0.2) is 18.2 Å². The van der Waals surface area contributed by atoms with E-state index in [9.17, 15) is 0 Å². The van der Waals surface area contributed by atoms with Crippen molar-refractivity contribution in [1.29, 1.82) is 0 Å². The molecule has 2 aliphatic rings. The zero-order chi connectivity index (χ0) is 13.3. The summed E-state index contributed by atoms with van der Waals surface area (Å²) in [6, 6.07) is 6.09. The summed E-state index contributed by atoms with van der Waals surface area (Å²) < 4.78 is 10.8. The van der Waals surface area contributed by atoms with E-state index in [2.05, 4.69) is 16.3 Å². The fraction of sp³-hybridized carbons (Fsp3) is 0.600. The van der Waals surface area contributed by atoms with Gasteiger partial charge in [-0.1, -0.05) is 0 Å². The molecule has 1 aromatic rings. The molecule has 1 aromatic carbocycles. The van der Waals surface area contributed by atoms with Gasteiger partial charge in [-0.25, -0.2) is 0 Å². The highest BCUT2D eigenvalue weighted by Gasteiger charge is 2.41. The van der Waals surface area contributed by atoms with Crippen LogP contribution >= 0.6 is 0 Å². The number of nitrogens with zero attached hydrogens (tertiary/aromatic N) is 1. The minimum absolute atomic E-state index is 0.489. The maximum Gasteiger partial charge on any atom is 0.145 e. The van der Waals surface area contributed by atoms with Gasteiger partial charge in [-0.3, -0.25) is 0 Å². The summed E-state index contributed by atoms with van der Waals surface area (Å²) in [5, 5.41) is 3.41. The standard InChI is InChI=1S/C15H22N2O2/c1-18-12-4-5-13(14(8-12)19-2)17-7-3-6-15(11-17)9-16-10-15/h4-5,8,16H,3,6-7,9-11H2,1-2H3. The lowest BCUT2D eigenvalue weighted by atomic mass is 9.75. The Morgan fingerprint density at radius 1 is 1.21 bits per heavy atom. The molecule has 2 aliphatic heterocycles. The molecule has 1 spiro atoms. The summed E-state index contributed by atoms with van der Waals surface area (Å²) in [4.78, 5) is 2.46. The number of rotatable bonds is 3. The maximum atomic E-state index is 5.52. The molecule has 4 heteroatoms. The van der Waals surface area contributed by atoms with Gasteiger partial charge < -0.3 is 19.7 Å². The van der Waals surface area contributed by atoms with Crippen molar-refractivity contribution in [3.05, 3.63) is 18.2 Å². The normalized spacial score (nSPS) is 21.1. The van der Waals surface area contributed by atoms with Gasteiger partial charge in [0.25, 0.3) is 0 Å². The first kappa shape index (κ1) is 12.6. The fourth-order valence-corrected chi connectivity index (χ4v) is 3.23. The molecule has 0 amide bonds. The second-order valence-corrected chi connectivity index (χ2v) is 5.67. The number of nitrogens with one attached hydrogen (secondary N) is 1. The van der Waals surface area contributed by atoms with E-state index in [1.165, 1.54) is 18.5 Å². The molecule has 0 aromatic heterocycles. The van der Waals surface area contributed by atoms with E-state index in [1.54, 1.807) is 14.2 Å². The van der Waals surface area contributed by atoms with Crippen LogP contribution in [0.5, 0.6) is 11.5 Å². The van der Waals surface area contributed by atoms with Crippen molar-refractivity contribution in [3.63, 3.8) is 0 Å². The Labute approximate surface area is 114 Å². The number of ether oxygens (including phenoxy) is 2. The van der Waals surface area contributed by atoms with Crippen molar-refractivity contribution in [3.8, 4) is 11.5 Å². The molecular weight excluding hydrogens is 240 g/mol. The first-order valence-corrected chi connectivity index (χ1v) is 6.94. The third kappa shape index (κ3) is 2.25. The topological polar surface area (TPSA) is 33.7 Å². The second-order valence-electron chi connectivity index (χ2n) is 5.67. The summed E-state index contributed by atoms with van der Waals surface area (Å²) in [6.07, 6.45) is 2.60. The molecular formula is C15H22N2O2. The van der Waals surface area contributed by atoms with E-state index >= 15 is 0 Å². The summed E-state index contributed by atoms with van der Waals surface area (Å²) in [6.45, 7) is 4.55. The Bertz CT molecular complexity index is 457. The smallest absolute Gasteiger partial charge is 0.145 e. The van der Waals surface area contributed by atoms with Crippen LogP contribution < -0.4 is 19.7 Å². The molecule has 3 rings (SSSR count). The molecule has 1 N–H and O–H groups in total. The van der Waals surface area contributed by atoms with Crippen molar-refractivity contribution in [2.75, 3.05) is 45.3 Å². The van der Waals surface area contributed by atoms with Crippen molar-refractivity contribution in [1.82, 2.24) is 5.32 Å². The average molecular weight is 262 g/mol. The Hall–Kier alpha value is -1.42. The van der Waals surface area contributed by atoms with Crippen LogP contribution in [0.3, 0.4) is 0 Å². The van der Waals surface area contributed by atoms with Crippen LogP contribution in [0.25, 0.3) is 0 Å². The van der Waals surface area contributed by atoms with E-state index in [4.69, 9.17) is 9.47 Å². The molecule has 104 valence electrons. The van der Waals surface area contributed by atoms with Crippen molar-refractivity contribution in [2.45, 2.75) is 12.8 Å². The number of benzene rings is 1. The number of anilines is 1. The van der Waals surface area contributed by atoms with Gasteiger partial charge >= 0.3 is 0 Å². The molecule has 2 heterocycles.